The number of hydrogen-bond donors (Lipinski definition) is 2. The van der Waals surface area contributed by atoms with E-state index < -0.39 is 5.41 Å². The Morgan fingerprint density at radius 1 is 0.614 bits per heavy atom. The number of nitrogens with zero attached hydrogens (tertiary/aromatic N) is 2. The number of carbonyl (C=O) groups is 1. The van der Waals surface area contributed by atoms with Gasteiger partial charge in [0.05, 0.1) is 22.5 Å². The number of fused-ring (bicyclic) bond motifs is 8. The zero-order valence-electron chi connectivity index (χ0n) is 25.7. The summed E-state index contributed by atoms with van der Waals surface area (Å²) in [5.74, 6) is 0.00857. The monoisotopic (exact) mass is 625 g/mol. The number of aromatic nitrogens is 4. The van der Waals surface area contributed by atoms with Crippen LogP contribution in [0, 0.1) is 27.7 Å². The Morgan fingerprint density at radius 3 is 1.82 bits per heavy atom. The maximum Gasteiger partial charge on any atom is 0.192 e. The van der Waals surface area contributed by atoms with Crippen LogP contribution in [0.2, 0.25) is 0 Å². The van der Waals surface area contributed by atoms with Crippen LogP contribution in [0.4, 0.5) is 0 Å². The Labute approximate surface area is 268 Å². The van der Waals surface area contributed by atoms with Gasteiger partial charge in [-0.1, -0.05) is 47.5 Å². The van der Waals surface area contributed by atoms with Crippen molar-refractivity contribution in [3.05, 3.63) is 118 Å². The van der Waals surface area contributed by atoms with E-state index in [1.165, 1.54) is 22.3 Å². The maximum absolute atomic E-state index is 13.5. The first-order chi connectivity index (χ1) is 20.6. The summed E-state index contributed by atoms with van der Waals surface area (Å²) < 4.78 is 0. The molecule has 1 radical (unpaired) electrons. The molecule has 2 aliphatic heterocycles. The molecule has 0 spiro atoms. The summed E-state index contributed by atoms with van der Waals surface area (Å²) in [6, 6.07) is 25.1. The van der Waals surface area contributed by atoms with E-state index in [2.05, 4.69) is 98.3 Å². The number of aromatic amines is 2. The molecule has 0 aliphatic carbocycles. The van der Waals surface area contributed by atoms with Crippen molar-refractivity contribution in [2.45, 2.75) is 47.0 Å². The third-order valence-corrected chi connectivity index (χ3v) is 8.64. The van der Waals surface area contributed by atoms with Gasteiger partial charge >= 0.3 is 0 Å². The molecule has 2 aliphatic rings. The van der Waals surface area contributed by atoms with Crippen LogP contribution in [0.25, 0.3) is 56.5 Å². The summed E-state index contributed by atoms with van der Waals surface area (Å²) in [5, 5.41) is 0. The quantitative estimate of drug-likeness (QED) is 0.188. The molecule has 6 heteroatoms. The van der Waals surface area contributed by atoms with E-state index in [1.54, 1.807) is 0 Å². The average Bonchev–Trinajstić information content (AvgIpc) is 3.75. The first-order valence-electron chi connectivity index (χ1n) is 14.7. The number of rotatable bonds is 2. The summed E-state index contributed by atoms with van der Waals surface area (Å²) in [6.45, 7) is 12.4. The third-order valence-electron chi connectivity index (χ3n) is 8.64. The number of carbonyl (C=O) groups excluding carboxylic acids is 1. The molecule has 2 N–H and O–H groups in total. The van der Waals surface area contributed by atoms with Crippen molar-refractivity contribution < 1.29 is 21.9 Å². The van der Waals surface area contributed by atoms with Gasteiger partial charge in [0.1, 0.15) is 5.69 Å². The topological polar surface area (TPSA) is 74.4 Å². The van der Waals surface area contributed by atoms with Gasteiger partial charge in [-0.15, -0.1) is 0 Å². The summed E-state index contributed by atoms with van der Waals surface area (Å²) in [5.41, 5.74) is 14.9. The number of Topliss-reactive ketones (excluding diaryl/α,β-unsaturated/α-hetero) is 1. The molecular formula is C38H34CuN4O. The molecule has 44 heavy (non-hydrogen) atoms. The van der Waals surface area contributed by atoms with Gasteiger partial charge in [0, 0.05) is 50.3 Å². The standard InChI is InChI=1S/C38H34N4O.Cu/c1-21-7-9-25(10-8-21)35-28-13-12-27(40-28)20-33-38(5,6)37(43)32(42-33)19-26-11-14-30(39-26)36(31-16-15-29(35)41-31)34-23(3)17-22(2)18-24(34)4;/h7-20,39-40H,1-6H3;. The van der Waals surface area contributed by atoms with Crippen molar-refractivity contribution in [3.63, 3.8) is 0 Å². The van der Waals surface area contributed by atoms with Crippen LogP contribution >= 0.6 is 0 Å². The van der Waals surface area contributed by atoms with Crippen molar-refractivity contribution in [2.75, 3.05) is 0 Å². The number of nitrogens with one attached hydrogen (secondary N) is 2. The van der Waals surface area contributed by atoms with E-state index in [0.717, 1.165) is 61.4 Å². The van der Waals surface area contributed by atoms with E-state index >= 15 is 0 Å². The van der Waals surface area contributed by atoms with E-state index in [0.29, 0.717) is 5.69 Å². The molecule has 0 unspecified atom stereocenters. The van der Waals surface area contributed by atoms with Crippen molar-refractivity contribution in [1.82, 2.24) is 19.9 Å². The molecule has 5 heterocycles. The molecule has 0 fully saturated rings. The first kappa shape index (κ1) is 29.6. The van der Waals surface area contributed by atoms with Crippen LogP contribution in [-0.2, 0) is 22.5 Å². The first-order valence-corrected chi connectivity index (χ1v) is 14.7. The zero-order chi connectivity index (χ0) is 30.0. The number of aryl methyl sites for hydroxylation is 4. The van der Waals surface area contributed by atoms with Gasteiger partial charge in [0.15, 0.2) is 5.78 Å². The van der Waals surface area contributed by atoms with Crippen LogP contribution in [0.5, 0.6) is 0 Å². The minimum absolute atomic E-state index is 0. The Morgan fingerprint density at radius 2 is 1.18 bits per heavy atom. The average molecular weight is 626 g/mol. The Balaban J connectivity index is 0.00000343. The van der Waals surface area contributed by atoms with Gasteiger partial charge in [-0.05, 0) is 112 Å². The predicted octanol–water partition coefficient (Wildman–Crippen LogP) is 9.21. The molecular weight excluding hydrogens is 592 g/mol. The van der Waals surface area contributed by atoms with Crippen molar-refractivity contribution in [2.24, 2.45) is 0 Å². The normalized spacial score (nSPS) is 13.6. The molecule has 5 aromatic rings. The Bertz CT molecular complexity index is 2140. The van der Waals surface area contributed by atoms with Gasteiger partial charge in [0.25, 0.3) is 0 Å². The second-order valence-corrected chi connectivity index (χ2v) is 12.4. The molecule has 0 atom stereocenters. The molecule has 223 valence electrons. The van der Waals surface area contributed by atoms with Crippen LogP contribution < -0.4 is 0 Å². The summed E-state index contributed by atoms with van der Waals surface area (Å²) >= 11 is 0. The molecule has 3 aromatic heterocycles. The summed E-state index contributed by atoms with van der Waals surface area (Å²) in [7, 11) is 0. The number of ketones is 1. The second-order valence-electron chi connectivity index (χ2n) is 12.4. The van der Waals surface area contributed by atoms with E-state index in [4.69, 9.17) is 9.97 Å². The maximum atomic E-state index is 13.5. The molecule has 8 bridgehead atoms. The van der Waals surface area contributed by atoms with Crippen molar-refractivity contribution >= 4 is 40.0 Å². The fourth-order valence-electron chi connectivity index (χ4n) is 6.42. The fourth-order valence-corrected chi connectivity index (χ4v) is 6.42. The summed E-state index contributed by atoms with van der Waals surface area (Å²) in [4.78, 5) is 30.9. The number of benzene rings is 2. The smallest absolute Gasteiger partial charge is 0.192 e. The van der Waals surface area contributed by atoms with Gasteiger partial charge in [-0.3, -0.25) is 4.79 Å². The number of H-pyrrole nitrogens is 2. The second kappa shape index (κ2) is 10.9. The molecule has 0 saturated heterocycles. The van der Waals surface area contributed by atoms with Gasteiger partial charge < -0.3 is 9.97 Å². The fraction of sp³-hybridized carbons (Fsp3) is 0.184. The van der Waals surface area contributed by atoms with Gasteiger partial charge in [0.2, 0.25) is 0 Å². The predicted molar refractivity (Wildman–Crippen MR) is 177 cm³/mol. The largest absolute Gasteiger partial charge is 0.355 e. The minimum Gasteiger partial charge on any atom is -0.355 e. The minimum atomic E-state index is -0.737. The van der Waals surface area contributed by atoms with Crippen LogP contribution in [0.15, 0.2) is 72.8 Å². The molecule has 5 nitrogen and oxygen atoms in total. The Hall–Kier alpha value is -4.51. The van der Waals surface area contributed by atoms with E-state index in [1.807, 2.05) is 38.1 Å². The zero-order valence-corrected chi connectivity index (χ0v) is 26.6. The van der Waals surface area contributed by atoms with Crippen LogP contribution in [0.1, 0.15) is 63.7 Å². The number of hydrogen-bond acceptors (Lipinski definition) is 3. The molecule has 2 aromatic carbocycles. The van der Waals surface area contributed by atoms with E-state index in [-0.39, 0.29) is 22.9 Å². The van der Waals surface area contributed by atoms with Crippen LogP contribution in [-0.4, -0.2) is 25.7 Å². The van der Waals surface area contributed by atoms with Crippen molar-refractivity contribution in [3.8, 4) is 22.3 Å². The molecule has 0 saturated carbocycles. The summed E-state index contributed by atoms with van der Waals surface area (Å²) in [6.07, 6.45) is 4.23. The van der Waals surface area contributed by atoms with Gasteiger partial charge in [-0.2, -0.15) is 0 Å². The van der Waals surface area contributed by atoms with Crippen molar-refractivity contribution in [1.29, 1.82) is 0 Å². The molecule has 0 amide bonds. The SMILES string of the molecule is Cc1ccc(-c2c3nc(c(-c4c(C)cc(C)cc4C)c4ccc(cc5nc(cc6ccc2[nH]6)C(C)(C)C5=O)[nH]4)C=C3)cc1.[Cu]. The van der Waals surface area contributed by atoms with Gasteiger partial charge in [-0.25, -0.2) is 9.97 Å². The molecule has 7 rings (SSSR count). The van der Waals surface area contributed by atoms with Crippen LogP contribution in [0.3, 0.4) is 0 Å². The Kier molecular flexibility index (Phi) is 7.31. The third kappa shape index (κ3) is 4.94. The van der Waals surface area contributed by atoms with E-state index in [9.17, 15) is 4.79 Å².